The molecule has 1 heterocycles. The molecule has 0 radical (unpaired) electrons. The molecule has 6 rings (SSSR count). The summed E-state index contributed by atoms with van der Waals surface area (Å²) in [6.07, 6.45) is -1.18. The maximum atomic E-state index is 13.2. The monoisotopic (exact) mass is 444 g/mol. The minimum absolute atomic E-state index is 0.0169. The second kappa shape index (κ2) is 6.85. The number of carbonyl (C=O) groups excluding carboxylic acids is 1. The van der Waals surface area contributed by atoms with Crippen LogP contribution in [0.4, 0.5) is 13.2 Å². The zero-order chi connectivity index (χ0) is 24.5. The first-order valence-corrected chi connectivity index (χ1v) is 10.2. The fourth-order valence-electron chi connectivity index (χ4n) is 5.29. The molecule has 0 saturated heterocycles. The number of nitrogens with zero attached hydrogens (tertiary/aromatic N) is 1. The van der Waals surface area contributed by atoms with Crippen molar-refractivity contribution < 1.29 is 30.6 Å². The molecule has 0 unspecified atom stereocenters. The number of para-hydroxylation sites is 1. The van der Waals surface area contributed by atoms with Crippen LogP contribution in [0.5, 0.6) is 0 Å². The number of carbonyl (C=O) groups is 2. The molecule has 0 aliphatic heterocycles. The highest BCUT2D eigenvalue weighted by molar-refractivity contribution is 6.06. The van der Waals surface area contributed by atoms with Gasteiger partial charge in [-0.1, -0.05) is 24.3 Å². The Balaban J connectivity index is 1.44. The average Bonchev–Trinajstić information content (AvgIpc) is 3.15. The molecule has 3 aromatic rings. The van der Waals surface area contributed by atoms with Gasteiger partial charge < -0.3 is 15.0 Å². The third-order valence-electron chi connectivity index (χ3n) is 6.46. The molecule has 2 bridgehead atoms. The molecule has 2 aromatic carbocycles. The lowest BCUT2D eigenvalue weighted by Gasteiger charge is -2.70. The first-order valence-electron chi connectivity index (χ1n) is 11.2. The number of aliphatic carboxylic acids is 1. The summed E-state index contributed by atoms with van der Waals surface area (Å²) in [5, 5.41) is 12.7. The Bertz CT molecular complexity index is 1300. The molecule has 3 aliphatic carbocycles. The third-order valence-corrected chi connectivity index (χ3v) is 6.46. The van der Waals surface area contributed by atoms with Gasteiger partial charge in [0, 0.05) is 23.6 Å². The normalized spacial score (nSPS) is 25.3. The second-order valence-corrected chi connectivity index (χ2v) is 8.95. The van der Waals surface area contributed by atoms with Gasteiger partial charge in [-0.25, -0.2) is 0 Å². The summed E-state index contributed by atoms with van der Waals surface area (Å²) in [6, 6.07) is 10.5. The number of benzene rings is 2. The standard InChI is InChI=1S/C24H21F3N2O3/c25-24(26,27)17-6-4-15(5-7-17)11-29-9-8-16-2-1-3-18(20(16)29)21(32)28-23-12-22(13-23,14-23)10-19(30)31/h1-9H,10-14H2,(H,28,32)(H,30,31)/i11D2. The van der Waals surface area contributed by atoms with E-state index in [1.165, 1.54) is 10.8 Å². The SMILES string of the molecule is [2H]C([2H])(c1ccc(C(F)(F)F)cc1)n1ccc2cccc(C(=O)NC34CC(CC(=O)O)(C3)C4)c21. The van der Waals surface area contributed by atoms with Crippen LogP contribution in [0.25, 0.3) is 10.9 Å². The van der Waals surface area contributed by atoms with E-state index in [1.807, 2.05) is 0 Å². The van der Waals surface area contributed by atoms with E-state index in [0.29, 0.717) is 30.2 Å². The maximum Gasteiger partial charge on any atom is 0.416 e. The summed E-state index contributed by atoms with van der Waals surface area (Å²) in [5.74, 6) is -1.25. The Morgan fingerprint density at radius 2 is 1.78 bits per heavy atom. The van der Waals surface area contributed by atoms with E-state index < -0.39 is 35.7 Å². The number of carboxylic acids is 1. The highest BCUT2D eigenvalue weighted by Crippen LogP contribution is 2.69. The fourth-order valence-corrected chi connectivity index (χ4v) is 5.29. The van der Waals surface area contributed by atoms with Crippen molar-refractivity contribution in [3.8, 4) is 0 Å². The first kappa shape index (κ1) is 18.3. The van der Waals surface area contributed by atoms with Crippen molar-refractivity contribution in [1.29, 1.82) is 0 Å². The summed E-state index contributed by atoms with van der Waals surface area (Å²) in [6.45, 7) is -2.22. The van der Waals surface area contributed by atoms with Gasteiger partial charge in [0.2, 0.25) is 0 Å². The van der Waals surface area contributed by atoms with Crippen LogP contribution in [0.15, 0.2) is 54.7 Å². The van der Waals surface area contributed by atoms with Gasteiger partial charge in [-0.15, -0.1) is 0 Å². The number of fused-ring (bicyclic) bond motifs is 1. The number of alkyl halides is 3. The molecular weight excluding hydrogens is 421 g/mol. The van der Waals surface area contributed by atoms with Crippen LogP contribution in [0.1, 0.15) is 49.9 Å². The van der Waals surface area contributed by atoms with Crippen molar-refractivity contribution in [3.05, 3.63) is 71.4 Å². The predicted octanol–water partition coefficient (Wildman–Crippen LogP) is 4.84. The number of halogens is 3. The highest BCUT2D eigenvalue weighted by atomic mass is 19.4. The molecule has 3 aliphatic rings. The molecule has 0 atom stereocenters. The van der Waals surface area contributed by atoms with E-state index in [-0.39, 0.29) is 23.0 Å². The van der Waals surface area contributed by atoms with Crippen LogP contribution in [0.2, 0.25) is 0 Å². The quantitative estimate of drug-likeness (QED) is 0.572. The van der Waals surface area contributed by atoms with E-state index in [4.69, 9.17) is 7.85 Å². The lowest BCUT2D eigenvalue weighted by molar-refractivity contribution is -0.172. The number of nitrogens with one attached hydrogen (secondary N) is 1. The van der Waals surface area contributed by atoms with Crippen molar-refractivity contribution in [2.24, 2.45) is 5.41 Å². The Labute approximate surface area is 184 Å². The van der Waals surface area contributed by atoms with Crippen LogP contribution in [0.3, 0.4) is 0 Å². The predicted molar refractivity (Wildman–Crippen MR) is 111 cm³/mol. The number of carboxylic acid groups (broad SMARTS) is 1. The molecule has 5 nitrogen and oxygen atoms in total. The van der Waals surface area contributed by atoms with Crippen LogP contribution in [-0.2, 0) is 17.5 Å². The van der Waals surface area contributed by atoms with Crippen LogP contribution < -0.4 is 5.32 Å². The molecule has 0 spiro atoms. The average molecular weight is 444 g/mol. The van der Waals surface area contributed by atoms with Gasteiger partial charge in [0.1, 0.15) is 0 Å². The van der Waals surface area contributed by atoms with Gasteiger partial charge in [0.05, 0.1) is 25.8 Å². The van der Waals surface area contributed by atoms with E-state index in [2.05, 4.69) is 5.32 Å². The van der Waals surface area contributed by atoms with Crippen molar-refractivity contribution in [1.82, 2.24) is 9.88 Å². The maximum absolute atomic E-state index is 13.2. The summed E-state index contributed by atoms with van der Waals surface area (Å²) >= 11 is 0. The van der Waals surface area contributed by atoms with E-state index in [0.717, 1.165) is 24.3 Å². The van der Waals surface area contributed by atoms with Crippen molar-refractivity contribution in [2.45, 2.75) is 43.9 Å². The molecule has 166 valence electrons. The molecule has 1 aromatic heterocycles. The number of amides is 1. The van der Waals surface area contributed by atoms with E-state index >= 15 is 0 Å². The minimum Gasteiger partial charge on any atom is -0.481 e. The topological polar surface area (TPSA) is 71.3 Å². The highest BCUT2D eigenvalue weighted by Gasteiger charge is 2.68. The Morgan fingerprint density at radius 1 is 1.09 bits per heavy atom. The smallest absolute Gasteiger partial charge is 0.416 e. The lowest BCUT2D eigenvalue weighted by atomic mass is 9.38. The summed E-state index contributed by atoms with van der Waals surface area (Å²) in [4.78, 5) is 24.2. The molecule has 8 heteroatoms. The Kier molecular flexibility index (Phi) is 3.92. The van der Waals surface area contributed by atoms with Crippen LogP contribution >= 0.6 is 0 Å². The van der Waals surface area contributed by atoms with Crippen molar-refractivity contribution >= 4 is 22.8 Å². The number of aromatic nitrogens is 1. The van der Waals surface area contributed by atoms with Crippen LogP contribution in [-0.4, -0.2) is 27.1 Å². The molecule has 3 saturated carbocycles. The molecule has 1 amide bonds. The third kappa shape index (κ3) is 3.43. The molecular formula is C24H21F3N2O3. The van der Waals surface area contributed by atoms with E-state index in [9.17, 15) is 22.8 Å². The minimum atomic E-state index is -4.53. The van der Waals surface area contributed by atoms with Gasteiger partial charge in [0.25, 0.3) is 5.91 Å². The zero-order valence-corrected chi connectivity index (χ0v) is 16.9. The summed E-state index contributed by atoms with van der Waals surface area (Å²) < 4.78 is 57.4. The Morgan fingerprint density at radius 3 is 2.41 bits per heavy atom. The largest absolute Gasteiger partial charge is 0.481 e. The Hall–Kier alpha value is -3.29. The summed E-state index contributed by atoms with van der Waals surface area (Å²) in [7, 11) is 0. The lowest BCUT2D eigenvalue weighted by Crippen LogP contribution is -2.75. The summed E-state index contributed by atoms with van der Waals surface area (Å²) in [5.41, 5.74) is -0.955. The van der Waals surface area contributed by atoms with Crippen molar-refractivity contribution in [3.63, 3.8) is 0 Å². The number of hydrogen-bond donors (Lipinski definition) is 2. The molecule has 32 heavy (non-hydrogen) atoms. The van der Waals surface area contributed by atoms with Gasteiger partial charge >= 0.3 is 12.1 Å². The van der Waals surface area contributed by atoms with Gasteiger partial charge in [0.15, 0.2) is 0 Å². The zero-order valence-electron chi connectivity index (χ0n) is 18.9. The first-order chi connectivity index (χ1) is 15.8. The van der Waals surface area contributed by atoms with Gasteiger partial charge in [-0.05, 0) is 54.5 Å². The van der Waals surface area contributed by atoms with Crippen LogP contribution in [0, 0.1) is 5.41 Å². The molecule has 2 N–H and O–H groups in total. The van der Waals surface area contributed by atoms with Gasteiger partial charge in [-0.2, -0.15) is 13.2 Å². The fraction of sp³-hybridized carbons (Fsp3) is 0.333. The second-order valence-electron chi connectivity index (χ2n) is 8.95. The molecule has 3 fully saturated rings. The number of hydrogen-bond acceptors (Lipinski definition) is 2. The van der Waals surface area contributed by atoms with Crippen molar-refractivity contribution in [2.75, 3.05) is 0 Å². The van der Waals surface area contributed by atoms with E-state index in [1.54, 1.807) is 24.3 Å². The number of rotatable bonds is 6. The van der Waals surface area contributed by atoms with Gasteiger partial charge in [-0.3, -0.25) is 9.59 Å².